The highest BCUT2D eigenvalue weighted by Crippen LogP contribution is 2.30. The molecule has 1 atom stereocenters. The van der Waals surface area contributed by atoms with Crippen LogP contribution in [0.5, 0.6) is 0 Å². The Balaban J connectivity index is 1.90. The van der Waals surface area contributed by atoms with Crippen LogP contribution in [0.2, 0.25) is 0 Å². The highest BCUT2D eigenvalue weighted by atomic mass is 32.2. The molecule has 1 aromatic heterocycles. The number of hydrogen-bond acceptors (Lipinski definition) is 5. The lowest BCUT2D eigenvalue weighted by molar-refractivity contribution is 0.0696. The third-order valence-corrected chi connectivity index (χ3v) is 6.16. The van der Waals surface area contributed by atoms with Crippen LogP contribution in [0.3, 0.4) is 0 Å². The van der Waals surface area contributed by atoms with E-state index in [0.29, 0.717) is 18.6 Å². The molecule has 2 N–H and O–H groups in total. The van der Waals surface area contributed by atoms with Gasteiger partial charge in [0.2, 0.25) is 10.0 Å². The molecule has 26 heavy (non-hydrogen) atoms. The molecule has 0 bridgehead atoms. The predicted octanol–water partition coefficient (Wildman–Crippen LogP) is 2.05. The van der Waals surface area contributed by atoms with Gasteiger partial charge in [-0.2, -0.15) is 0 Å². The highest BCUT2D eigenvalue weighted by Gasteiger charge is 2.27. The molecule has 0 amide bonds. The fraction of sp³-hybridized carbons (Fsp3) is 0.389. The van der Waals surface area contributed by atoms with Crippen LogP contribution in [0, 0.1) is 0 Å². The number of aromatic carboxylic acids is 1. The van der Waals surface area contributed by atoms with E-state index in [1.54, 1.807) is 24.5 Å². The van der Waals surface area contributed by atoms with Gasteiger partial charge in [-0.1, -0.05) is 0 Å². The second kappa shape index (κ2) is 7.22. The van der Waals surface area contributed by atoms with E-state index in [2.05, 4.69) is 4.72 Å². The first-order chi connectivity index (χ1) is 12.3. The number of likely N-dealkylation sites (N-methyl/N-ethyl adjacent to an activating group) is 1. The Morgan fingerprint density at radius 1 is 1.35 bits per heavy atom. The number of carbonyl (C=O) groups is 1. The van der Waals surface area contributed by atoms with Crippen molar-refractivity contribution in [2.45, 2.75) is 30.2 Å². The standard InChI is InChI=1S/C18H22N2O5S/c1-20(2)15(16-7-4-8-25-16)11-19-26(23,24)17-10-13(18(21)22)9-12-5-3-6-14(12)17/h4,7-10,15,19H,3,5-6,11H2,1-2H3,(H,21,22). The topological polar surface area (TPSA) is 99.9 Å². The zero-order chi connectivity index (χ0) is 18.9. The van der Waals surface area contributed by atoms with Gasteiger partial charge in [-0.05, 0) is 68.8 Å². The van der Waals surface area contributed by atoms with Gasteiger partial charge < -0.3 is 9.52 Å². The molecule has 0 saturated carbocycles. The number of nitrogens with one attached hydrogen (secondary N) is 1. The first-order valence-corrected chi connectivity index (χ1v) is 9.86. The maximum atomic E-state index is 12.9. The third-order valence-electron chi connectivity index (χ3n) is 4.67. The molecule has 1 heterocycles. The summed E-state index contributed by atoms with van der Waals surface area (Å²) in [6.07, 6.45) is 3.71. The third kappa shape index (κ3) is 3.67. The van der Waals surface area contributed by atoms with Gasteiger partial charge in [0.1, 0.15) is 5.76 Å². The SMILES string of the molecule is CN(C)C(CNS(=O)(=O)c1cc(C(=O)O)cc2c1CCC2)c1ccco1. The van der Waals surface area contributed by atoms with Crippen LogP contribution in [0.4, 0.5) is 0 Å². The van der Waals surface area contributed by atoms with E-state index in [-0.39, 0.29) is 23.0 Å². The van der Waals surface area contributed by atoms with Crippen molar-refractivity contribution in [2.24, 2.45) is 0 Å². The number of carboxylic acid groups (broad SMARTS) is 1. The maximum absolute atomic E-state index is 12.9. The van der Waals surface area contributed by atoms with Crippen LogP contribution in [0.25, 0.3) is 0 Å². The Morgan fingerprint density at radius 3 is 2.73 bits per heavy atom. The van der Waals surface area contributed by atoms with Crippen LogP contribution in [-0.2, 0) is 22.9 Å². The number of rotatable bonds is 7. The van der Waals surface area contributed by atoms with Crippen LogP contribution in [0.1, 0.15) is 39.7 Å². The molecule has 1 aromatic carbocycles. The summed E-state index contributed by atoms with van der Waals surface area (Å²) < 4.78 is 33.8. The number of sulfonamides is 1. The number of hydrogen-bond donors (Lipinski definition) is 2. The van der Waals surface area contributed by atoms with Crippen molar-refractivity contribution in [2.75, 3.05) is 20.6 Å². The highest BCUT2D eigenvalue weighted by molar-refractivity contribution is 7.89. The van der Waals surface area contributed by atoms with Crippen molar-refractivity contribution < 1.29 is 22.7 Å². The van der Waals surface area contributed by atoms with E-state index in [4.69, 9.17) is 4.42 Å². The van der Waals surface area contributed by atoms with Gasteiger partial charge in [0.25, 0.3) is 0 Å². The van der Waals surface area contributed by atoms with Crippen molar-refractivity contribution in [3.8, 4) is 0 Å². The smallest absolute Gasteiger partial charge is 0.335 e. The summed E-state index contributed by atoms with van der Waals surface area (Å²) in [5.41, 5.74) is 1.53. The summed E-state index contributed by atoms with van der Waals surface area (Å²) in [7, 11) is -0.168. The number of fused-ring (bicyclic) bond motifs is 1. The van der Waals surface area contributed by atoms with E-state index in [1.165, 1.54) is 6.07 Å². The van der Waals surface area contributed by atoms with Crippen molar-refractivity contribution in [1.82, 2.24) is 9.62 Å². The van der Waals surface area contributed by atoms with Crippen LogP contribution < -0.4 is 4.72 Å². The molecule has 0 radical (unpaired) electrons. The van der Waals surface area contributed by atoms with Gasteiger partial charge in [0, 0.05) is 6.54 Å². The Kier molecular flexibility index (Phi) is 5.17. The van der Waals surface area contributed by atoms with Gasteiger partial charge in [-0.15, -0.1) is 0 Å². The van der Waals surface area contributed by atoms with Gasteiger partial charge in [-0.3, -0.25) is 4.90 Å². The monoisotopic (exact) mass is 378 g/mol. The van der Waals surface area contributed by atoms with E-state index >= 15 is 0 Å². The van der Waals surface area contributed by atoms with Gasteiger partial charge >= 0.3 is 5.97 Å². The Labute approximate surface area is 152 Å². The number of aryl methyl sites for hydroxylation is 1. The first-order valence-electron chi connectivity index (χ1n) is 8.38. The van der Waals surface area contributed by atoms with Crippen LogP contribution in [0.15, 0.2) is 39.8 Å². The molecule has 1 aliphatic rings. The van der Waals surface area contributed by atoms with Crippen LogP contribution >= 0.6 is 0 Å². The van der Waals surface area contributed by atoms with Gasteiger partial charge in [0.05, 0.1) is 22.8 Å². The quantitative estimate of drug-likeness (QED) is 0.765. The zero-order valence-corrected chi connectivity index (χ0v) is 15.5. The summed E-state index contributed by atoms with van der Waals surface area (Å²) in [5.74, 6) is -0.472. The number of carboxylic acids is 1. The summed E-state index contributed by atoms with van der Waals surface area (Å²) in [4.78, 5) is 13.3. The minimum atomic E-state index is -3.84. The summed E-state index contributed by atoms with van der Waals surface area (Å²) in [5, 5.41) is 9.29. The fourth-order valence-electron chi connectivity index (χ4n) is 3.31. The molecule has 8 heteroatoms. The lowest BCUT2D eigenvalue weighted by Crippen LogP contribution is -2.34. The molecular weight excluding hydrogens is 356 g/mol. The van der Waals surface area contributed by atoms with Crippen molar-refractivity contribution in [3.63, 3.8) is 0 Å². The molecule has 0 saturated heterocycles. The minimum absolute atomic E-state index is 0.00113. The lowest BCUT2D eigenvalue weighted by atomic mass is 10.1. The average molecular weight is 378 g/mol. The lowest BCUT2D eigenvalue weighted by Gasteiger charge is -2.23. The first kappa shape index (κ1) is 18.6. The minimum Gasteiger partial charge on any atom is -0.478 e. The number of nitrogens with zero attached hydrogens (tertiary/aromatic N) is 1. The summed E-state index contributed by atoms with van der Waals surface area (Å²) >= 11 is 0. The molecule has 1 aliphatic carbocycles. The van der Waals surface area contributed by atoms with Crippen molar-refractivity contribution in [3.05, 3.63) is 53.0 Å². The molecule has 140 valence electrons. The molecule has 0 aliphatic heterocycles. The molecule has 0 fully saturated rings. The Hall–Kier alpha value is -2.16. The van der Waals surface area contributed by atoms with Crippen LogP contribution in [-0.4, -0.2) is 45.0 Å². The summed E-state index contributed by atoms with van der Waals surface area (Å²) in [6.45, 7) is 0.120. The van der Waals surface area contributed by atoms with E-state index in [9.17, 15) is 18.3 Å². The normalized spacial score (nSPS) is 15.2. The molecule has 2 aromatic rings. The Morgan fingerprint density at radius 2 is 2.12 bits per heavy atom. The number of furan rings is 1. The molecule has 3 rings (SSSR count). The summed E-state index contributed by atoms with van der Waals surface area (Å²) in [6, 6.07) is 6.11. The fourth-order valence-corrected chi connectivity index (χ4v) is 4.69. The maximum Gasteiger partial charge on any atom is 0.335 e. The largest absolute Gasteiger partial charge is 0.478 e. The van der Waals surface area contributed by atoms with Crippen molar-refractivity contribution >= 4 is 16.0 Å². The van der Waals surface area contributed by atoms with Gasteiger partial charge in [-0.25, -0.2) is 17.9 Å². The molecular formula is C18H22N2O5S. The predicted molar refractivity (Wildman–Crippen MR) is 95.8 cm³/mol. The number of benzene rings is 1. The molecule has 1 unspecified atom stereocenters. The second-order valence-electron chi connectivity index (χ2n) is 6.62. The second-order valence-corrected chi connectivity index (χ2v) is 8.35. The molecule has 7 nitrogen and oxygen atoms in total. The Bertz CT molecular complexity index is 904. The average Bonchev–Trinajstić information content (AvgIpc) is 3.24. The van der Waals surface area contributed by atoms with Gasteiger partial charge in [0.15, 0.2) is 0 Å². The van der Waals surface area contributed by atoms with Crippen molar-refractivity contribution in [1.29, 1.82) is 0 Å². The molecule has 0 spiro atoms. The zero-order valence-electron chi connectivity index (χ0n) is 14.7. The van der Waals surface area contributed by atoms with E-state index in [0.717, 1.165) is 17.5 Å². The van der Waals surface area contributed by atoms with E-state index < -0.39 is 16.0 Å². The van der Waals surface area contributed by atoms with E-state index in [1.807, 2.05) is 19.0 Å².